The number of rotatable bonds is 4. The van der Waals surface area contributed by atoms with E-state index < -0.39 is 0 Å². The Morgan fingerprint density at radius 2 is 2.24 bits per heavy atom. The molecule has 0 aliphatic carbocycles. The SMILES string of the molecule is C=C(/C=C(\C)Cc1nccc(=C)/c1=C\C)OC. The smallest absolute Gasteiger partial charge is 0.111 e. The van der Waals surface area contributed by atoms with Gasteiger partial charge in [-0.15, -0.1) is 0 Å². The summed E-state index contributed by atoms with van der Waals surface area (Å²) in [5, 5.41) is 2.12. The summed E-state index contributed by atoms with van der Waals surface area (Å²) in [7, 11) is 1.62. The van der Waals surface area contributed by atoms with Crippen molar-refractivity contribution in [2.75, 3.05) is 7.11 Å². The van der Waals surface area contributed by atoms with E-state index >= 15 is 0 Å². The fraction of sp³-hybridized carbons (Fsp3) is 0.267. The lowest BCUT2D eigenvalue weighted by molar-refractivity contribution is 0.308. The molecule has 2 heteroatoms. The first-order chi connectivity index (χ1) is 8.08. The van der Waals surface area contributed by atoms with Crippen LogP contribution in [0.2, 0.25) is 0 Å². The molecular weight excluding hydrogens is 210 g/mol. The number of ether oxygens (including phenoxy) is 1. The topological polar surface area (TPSA) is 22.1 Å². The van der Waals surface area contributed by atoms with E-state index in [9.17, 15) is 0 Å². The molecule has 0 bridgehead atoms. The Kier molecular flexibility index (Phi) is 4.70. The van der Waals surface area contributed by atoms with Crippen LogP contribution in [0.5, 0.6) is 0 Å². The Labute approximate surface area is 103 Å². The molecule has 0 unspecified atom stereocenters. The number of nitrogens with zero attached hydrogens (tertiary/aromatic N) is 1. The zero-order chi connectivity index (χ0) is 12.8. The minimum atomic E-state index is 0.662. The predicted molar refractivity (Wildman–Crippen MR) is 72.8 cm³/mol. The molecule has 0 radical (unpaired) electrons. The maximum Gasteiger partial charge on any atom is 0.111 e. The highest BCUT2D eigenvalue weighted by molar-refractivity contribution is 5.29. The highest BCUT2D eigenvalue weighted by atomic mass is 16.5. The van der Waals surface area contributed by atoms with Crippen LogP contribution in [-0.4, -0.2) is 12.1 Å². The molecule has 0 saturated heterocycles. The Morgan fingerprint density at radius 3 is 2.82 bits per heavy atom. The van der Waals surface area contributed by atoms with Crippen LogP contribution in [0, 0.1) is 0 Å². The first-order valence-corrected chi connectivity index (χ1v) is 5.57. The van der Waals surface area contributed by atoms with Gasteiger partial charge in [-0.3, -0.25) is 4.98 Å². The maximum atomic E-state index is 5.03. The van der Waals surface area contributed by atoms with Gasteiger partial charge in [-0.05, 0) is 36.4 Å². The molecule has 0 fully saturated rings. The lowest BCUT2D eigenvalue weighted by Crippen LogP contribution is -2.28. The summed E-state index contributed by atoms with van der Waals surface area (Å²) in [6, 6.07) is 1.92. The van der Waals surface area contributed by atoms with Crippen LogP contribution in [0.25, 0.3) is 12.7 Å². The molecule has 0 aromatic carbocycles. The van der Waals surface area contributed by atoms with E-state index in [0.29, 0.717) is 5.76 Å². The van der Waals surface area contributed by atoms with Crippen molar-refractivity contribution >= 4 is 12.7 Å². The molecule has 0 saturated carbocycles. The van der Waals surface area contributed by atoms with Gasteiger partial charge in [0.1, 0.15) is 5.76 Å². The second kappa shape index (κ2) is 6.04. The first kappa shape index (κ1) is 13.2. The summed E-state index contributed by atoms with van der Waals surface area (Å²) < 4.78 is 5.03. The Morgan fingerprint density at radius 1 is 1.53 bits per heavy atom. The summed E-state index contributed by atoms with van der Waals surface area (Å²) in [6.07, 6.45) is 6.55. The van der Waals surface area contributed by atoms with E-state index in [1.54, 1.807) is 13.3 Å². The van der Waals surface area contributed by atoms with E-state index in [1.165, 1.54) is 0 Å². The average molecular weight is 229 g/mol. The molecule has 0 atom stereocenters. The van der Waals surface area contributed by atoms with E-state index in [4.69, 9.17) is 4.74 Å². The van der Waals surface area contributed by atoms with Crippen LogP contribution in [0.15, 0.2) is 36.3 Å². The quantitative estimate of drug-likeness (QED) is 0.581. The standard InChI is InChI=1S/C15H19NO/c1-6-14-12(3)7-8-16-15(14)10-11(2)9-13(4)17-5/h6-9H,3-4,10H2,1-2,5H3/b11-9+,14-6+. The van der Waals surface area contributed by atoms with Gasteiger partial charge in [0.2, 0.25) is 0 Å². The van der Waals surface area contributed by atoms with Gasteiger partial charge in [-0.1, -0.05) is 24.8 Å². The third kappa shape index (κ3) is 3.59. The highest BCUT2D eigenvalue weighted by Crippen LogP contribution is 2.04. The zero-order valence-electron chi connectivity index (χ0n) is 10.8. The lowest BCUT2D eigenvalue weighted by Gasteiger charge is -2.04. The van der Waals surface area contributed by atoms with Gasteiger partial charge in [0.15, 0.2) is 0 Å². The molecule has 0 N–H and O–H groups in total. The molecule has 2 nitrogen and oxygen atoms in total. The fourth-order valence-corrected chi connectivity index (χ4v) is 1.70. The van der Waals surface area contributed by atoms with Crippen LogP contribution < -0.4 is 10.4 Å². The molecule has 1 rings (SSSR count). The van der Waals surface area contributed by atoms with Crippen LogP contribution >= 0.6 is 0 Å². The molecule has 0 spiro atoms. The molecule has 1 aromatic heterocycles. The van der Waals surface area contributed by atoms with Crippen LogP contribution in [0.1, 0.15) is 19.5 Å². The Balaban J connectivity index is 3.05. The second-order valence-corrected chi connectivity index (χ2v) is 3.96. The maximum absolute atomic E-state index is 5.03. The molecule has 17 heavy (non-hydrogen) atoms. The minimum absolute atomic E-state index is 0.662. The van der Waals surface area contributed by atoms with Crippen molar-refractivity contribution in [2.45, 2.75) is 20.3 Å². The molecule has 1 aromatic rings. The Bertz CT molecular complexity index is 541. The van der Waals surface area contributed by atoms with Crippen molar-refractivity contribution in [1.29, 1.82) is 0 Å². The summed E-state index contributed by atoms with van der Waals surface area (Å²) in [5.74, 6) is 0.662. The van der Waals surface area contributed by atoms with Crippen molar-refractivity contribution in [3.63, 3.8) is 0 Å². The van der Waals surface area contributed by atoms with E-state index in [1.807, 2.05) is 32.1 Å². The van der Waals surface area contributed by atoms with Crippen molar-refractivity contribution in [3.8, 4) is 0 Å². The van der Waals surface area contributed by atoms with E-state index in [-0.39, 0.29) is 0 Å². The van der Waals surface area contributed by atoms with E-state index in [0.717, 1.165) is 28.1 Å². The lowest BCUT2D eigenvalue weighted by atomic mass is 10.1. The molecule has 0 aliphatic rings. The largest absolute Gasteiger partial charge is 0.497 e. The van der Waals surface area contributed by atoms with Crippen LogP contribution in [0.4, 0.5) is 0 Å². The summed E-state index contributed by atoms with van der Waals surface area (Å²) in [4.78, 5) is 4.40. The third-order valence-electron chi connectivity index (χ3n) is 2.57. The van der Waals surface area contributed by atoms with Gasteiger partial charge in [0, 0.05) is 12.6 Å². The van der Waals surface area contributed by atoms with Crippen LogP contribution in [0.3, 0.4) is 0 Å². The number of hydrogen-bond acceptors (Lipinski definition) is 2. The Hall–Kier alpha value is -1.83. The number of methoxy groups -OCH3 is 1. The normalized spacial score (nSPS) is 12.6. The van der Waals surface area contributed by atoms with Crippen LogP contribution in [-0.2, 0) is 11.2 Å². The number of aromatic nitrogens is 1. The zero-order valence-corrected chi connectivity index (χ0v) is 10.8. The van der Waals surface area contributed by atoms with E-state index in [2.05, 4.69) is 18.1 Å². The van der Waals surface area contributed by atoms with Gasteiger partial charge >= 0.3 is 0 Å². The molecular formula is C15H19NO. The average Bonchev–Trinajstić information content (AvgIpc) is 2.29. The van der Waals surface area contributed by atoms with Crippen molar-refractivity contribution in [1.82, 2.24) is 4.98 Å². The molecule has 0 aliphatic heterocycles. The number of pyridine rings is 1. The van der Waals surface area contributed by atoms with Gasteiger partial charge < -0.3 is 4.74 Å². The van der Waals surface area contributed by atoms with Gasteiger partial charge in [0.25, 0.3) is 0 Å². The predicted octanol–water partition coefficient (Wildman–Crippen LogP) is 1.94. The first-order valence-electron chi connectivity index (χ1n) is 5.57. The monoisotopic (exact) mass is 229 g/mol. The van der Waals surface area contributed by atoms with Gasteiger partial charge in [0.05, 0.1) is 12.8 Å². The summed E-state index contributed by atoms with van der Waals surface area (Å²) in [5.41, 5.74) is 2.20. The van der Waals surface area contributed by atoms with Crippen molar-refractivity contribution < 1.29 is 4.74 Å². The third-order valence-corrected chi connectivity index (χ3v) is 2.57. The minimum Gasteiger partial charge on any atom is -0.497 e. The van der Waals surface area contributed by atoms with Crippen molar-refractivity contribution in [2.24, 2.45) is 0 Å². The number of hydrogen-bond donors (Lipinski definition) is 0. The molecule has 1 heterocycles. The summed E-state index contributed by atoms with van der Waals surface area (Å²) >= 11 is 0. The number of allylic oxidation sites excluding steroid dienone is 2. The van der Waals surface area contributed by atoms with Crippen molar-refractivity contribution in [3.05, 3.63) is 52.4 Å². The van der Waals surface area contributed by atoms with Gasteiger partial charge in [-0.25, -0.2) is 0 Å². The van der Waals surface area contributed by atoms with Gasteiger partial charge in [-0.2, -0.15) is 0 Å². The fourth-order valence-electron chi connectivity index (χ4n) is 1.70. The summed E-state index contributed by atoms with van der Waals surface area (Å²) in [6.45, 7) is 11.8. The highest BCUT2D eigenvalue weighted by Gasteiger charge is 1.99. The second-order valence-electron chi connectivity index (χ2n) is 3.96. The molecule has 0 amide bonds. The molecule has 90 valence electrons.